The third-order valence-corrected chi connectivity index (χ3v) is 8.72. The van der Waals surface area contributed by atoms with E-state index in [1.807, 2.05) is 81.4 Å². The summed E-state index contributed by atoms with van der Waals surface area (Å²) in [4.78, 5) is 46.7. The van der Waals surface area contributed by atoms with Crippen molar-refractivity contribution in [1.82, 2.24) is 20.6 Å². The van der Waals surface area contributed by atoms with Gasteiger partial charge in [0.25, 0.3) is 0 Å². The van der Waals surface area contributed by atoms with Crippen molar-refractivity contribution < 1.29 is 23.5 Å². The van der Waals surface area contributed by atoms with Gasteiger partial charge in [0.15, 0.2) is 0 Å². The fraction of sp³-hybridized carbons (Fsp3) is 0.359. The highest BCUT2D eigenvalue weighted by molar-refractivity contribution is 5.93. The summed E-state index contributed by atoms with van der Waals surface area (Å²) < 4.78 is 19.8. The molecule has 0 unspecified atom stereocenters. The lowest BCUT2D eigenvalue weighted by atomic mass is 9.81. The van der Waals surface area contributed by atoms with Crippen LogP contribution in [-0.2, 0) is 27.2 Å². The molecule has 0 aliphatic heterocycles. The first kappa shape index (κ1) is 35.8. The molecule has 3 amide bonds. The fourth-order valence-corrected chi connectivity index (χ4v) is 6.13. The zero-order chi connectivity index (χ0) is 35.7. The summed E-state index contributed by atoms with van der Waals surface area (Å²) in [6.45, 7) is 5.95. The van der Waals surface area contributed by atoms with Crippen LogP contribution in [0.1, 0.15) is 75.0 Å². The molecule has 1 atom stereocenters. The highest BCUT2D eigenvalue weighted by atomic mass is 19.1. The molecule has 1 aromatic heterocycles. The number of H-pyrrole nitrogens is 1. The van der Waals surface area contributed by atoms with Crippen LogP contribution in [0.3, 0.4) is 0 Å². The summed E-state index contributed by atoms with van der Waals surface area (Å²) >= 11 is 0. The molecule has 0 bridgehead atoms. The van der Waals surface area contributed by atoms with Gasteiger partial charge in [0.2, 0.25) is 11.8 Å². The monoisotopic (exact) mass is 678 g/mol. The van der Waals surface area contributed by atoms with Crippen molar-refractivity contribution in [3.8, 4) is 17.3 Å². The molecule has 1 fully saturated rings. The number of hydrogen-bond acceptors (Lipinski definition) is 6. The van der Waals surface area contributed by atoms with Gasteiger partial charge in [-0.2, -0.15) is 5.26 Å². The van der Waals surface area contributed by atoms with E-state index in [1.165, 1.54) is 12.1 Å². The lowest BCUT2D eigenvalue weighted by Gasteiger charge is -2.29. The number of nitrogens with zero attached hydrogens (tertiary/aromatic N) is 2. The first-order chi connectivity index (χ1) is 24.0. The molecule has 1 saturated carbocycles. The van der Waals surface area contributed by atoms with E-state index in [9.17, 15) is 18.8 Å². The lowest BCUT2D eigenvalue weighted by molar-refractivity contribution is -0.127. The van der Waals surface area contributed by atoms with Gasteiger partial charge in [0.05, 0.1) is 29.9 Å². The molecule has 5 rings (SSSR count). The van der Waals surface area contributed by atoms with Gasteiger partial charge in [-0.3, -0.25) is 9.59 Å². The number of imidazole rings is 1. The van der Waals surface area contributed by atoms with Crippen LogP contribution in [0, 0.1) is 29.0 Å². The van der Waals surface area contributed by atoms with Crippen LogP contribution in [0.25, 0.3) is 11.3 Å². The van der Waals surface area contributed by atoms with E-state index in [0.29, 0.717) is 48.6 Å². The van der Waals surface area contributed by atoms with Crippen LogP contribution in [0.15, 0.2) is 79.0 Å². The van der Waals surface area contributed by atoms with Gasteiger partial charge in [-0.15, -0.1) is 0 Å². The van der Waals surface area contributed by atoms with Gasteiger partial charge in [-0.05, 0) is 81.7 Å². The van der Waals surface area contributed by atoms with Crippen molar-refractivity contribution in [2.24, 2.45) is 11.8 Å². The van der Waals surface area contributed by atoms with Gasteiger partial charge in [-0.25, -0.2) is 14.2 Å². The first-order valence-corrected chi connectivity index (χ1v) is 16.9. The summed E-state index contributed by atoms with van der Waals surface area (Å²) in [5.41, 5.74) is 2.75. The van der Waals surface area contributed by atoms with Crippen molar-refractivity contribution in [2.75, 3.05) is 11.9 Å². The Kier molecular flexibility index (Phi) is 11.6. The van der Waals surface area contributed by atoms with E-state index in [-0.39, 0.29) is 35.6 Å². The highest BCUT2D eigenvalue weighted by Crippen LogP contribution is 2.31. The highest BCUT2D eigenvalue weighted by Gasteiger charge is 2.30. The number of benzene rings is 3. The number of hydrogen-bond donors (Lipinski definition) is 4. The van der Waals surface area contributed by atoms with Gasteiger partial charge < -0.3 is 25.7 Å². The average Bonchev–Trinajstić information content (AvgIpc) is 3.58. The Hall–Kier alpha value is -5.50. The van der Waals surface area contributed by atoms with E-state index in [2.05, 4.69) is 25.9 Å². The van der Waals surface area contributed by atoms with E-state index >= 15 is 0 Å². The van der Waals surface area contributed by atoms with Crippen LogP contribution in [0.2, 0.25) is 0 Å². The zero-order valence-corrected chi connectivity index (χ0v) is 28.6. The molecule has 1 aliphatic carbocycles. The second kappa shape index (κ2) is 16.3. The maximum absolute atomic E-state index is 14.5. The largest absolute Gasteiger partial charge is 0.444 e. The Labute approximate surface area is 291 Å². The number of halogens is 1. The number of nitriles is 1. The number of nitrogens with one attached hydrogen (secondary N) is 4. The molecule has 1 heterocycles. The minimum atomic E-state index is -0.636. The molecule has 0 spiro atoms. The normalized spacial score (nSPS) is 16.5. The van der Waals surface area contributed by atoms with Crippen molar-refractivity contribution in [3.05, 3.63) is 107 Å². The van der Waals surface area contributed by atoms with Crippen LogP contribution < -0.4 is 16.0 Å². The molecule has 0 saturated heterocycles. The number of para-hydroxylation sites is 1. The maximum atomic E-state index is 14.5. The average molecular weight is 679 g/mol. The van der Waals surface area contributed by atoms with Crippen molar-refractivity contribution in [1.29, 1.82) is 5.26 Å². The number of anilines is 1. The van der Waals surface area contributed by atoms with Gasteiger partial charge in [-0.1, -0.05) is 54.6 Å². The van der Waals surface area contributed by atoms with Gasteiger partial charge >= 0.3 is 6.09 Å². The van der Waals surface area contributed by atoms with Crippen LogP contribution in [-0.4, -0.2) is 40.0 Å². The third kappa shape index (κ3) is 10.0. The predicted molar refractivity (Wildman–Crippen MR) is 188 cm³/mol. The van der Waals surface area contributed by atoms with Crippen LogP contribution in [0.4, 0.5) is 14.9 Å². The first-order valence-electron chi connectivity index (χ1n) is 16.9. The summed E-state index contributed by atoms with van der Waals surface area (Å²) in [7, 11) is 0. The van der Waals surface area contributed by atoms with Crippen molar-refractivity contribution >= 4 is 23.6 Å². The molecule has 50 heavy (non-hydrogen) atoms. The molecule has 4 aromatic rings. The van der Waals surface area contributed by atoms with Crippen LogP contribution >= 0.6 is 0 Å². The van der Waals surface area contributed by atoms with E-state index in [0.717, 1.165) is 24.0 Å². The summed E-state index contributed by atoms with van der Waals surface area (Å²) in [6.07, 6.45) is 4.56. The molecular formula is C39H43FN6O4. The van der Waals surface area contributed by atoms with Crippen molar-refractivity contribution in [3.63, 3.8) is 0 Å². The second-order valence-corrected chi connectivity index (χ2v) is 13.7. The molecular weight excluding hydrogens is 635 g/mol. The summed E-state index contributed by atoms with van der Waals surface area (Å²) in [6, 6.07) is 22.5. The predicted octanol–water partition coefficient (Wildman–Crippen LogP) is 7.00. The zero-order valence-electron chi connectivity index (χ0n) is 28.6. The lowest BCUT2D eigenvalue weighted by Crippen LogP contribution is -2.39. The topological polar surface area (TPSA) is 149 Å². The smallest absolute Gasteiger partial charge is 0.407 e. The van der Waals surface area contributed by atoms with E-state index in [4.69, 9.17) is 10.00 Å². The third-order valence-electron chi connectivity index (χ3n) is 8.72. The summed E-state index contributed by atoms with van der Waals surface area (Å²) in [5, 5.41) is 18.2. The van der Waals surface area contributed by atoms with Gasteiger partial charge in [0.1, 0.15) is 23.3 Å². The number of alkyl carbamates (subject to hydrolysis) is 1. The van der Waals surface area contributed by atoms with Gasteiger partial charge in [0, 0.05) is 30.1 Å². The SMILES string of the molecule is CC(C)(C)OC(=O)NCC1CCC(C(=O)N[C@@H](Cc2ccccc2NC(=O)Cc2ccccc2)c2ncc(-c3ccc(C#N)c(F)c3)[nH]2)CC1. The standard InChI is InChI=1S/C39H43FN6O4/c1-39(2,3)50-38(49)43-23-26-13-15-27(16-14-26)37(48)46-33(36-42-24-34(45-36)29-17-18-30(22-41)31(40)20-29)21-28-11-7-8-12-32(28)44-35(47)19-25-9-5-4-6-10-25/h4-12,17-18,20,24,26-27,33H,13-16,19,21,23H2,1-3H3,(H,42,45)(H,43,49)(H,44,47)(H,46,48)/t26?,27?,33-/m0/s1. The Morgan fingerprint density at radius 3 is 2.44 bits per heavy atom. The summed E-state index contributed by atoms with van der Waals surface area (Å²) in [5.74, 6) is -0.416. The van der Waals surface area contributed by atoms with Crippen molar-refractivity contribution in [2.45, 2.75) is 70.9 Å². The molecule has 11 heteroatoms. The molecule has 3 aromatic carbocycles. The Bertz CT molecular complexity index is 1840. The number of carbonyl (C=O) groups excluding carboxylic acids is 3. The van der Waals surface area contributed by atoms with E-state index < -0.39 is 23.6 Å². The fourth-order valence-electron chi connectivity index (χ4n) is 6.13. The Morgan fingerprint density at radius 1 is 1.02 bits per heavy atom. The molecule has 1 aliphatic rings. The molecule has 10 nitrogen and oxygen atoms in total. The number of aromatic nitrogens is 2. The number of ether oxygens (including phenoxy) is 1. The number of aromatic amines is 1. The molecule has 4 N–H and O–H groups in total. The quantitative estimate of drug-likeness (QED) is 0.134. The molecule has 260 valence electrons. The number of amides is 3. The number of carbonyl (C=O) groups is 3. The maximum Gasteiger partial charge on any atom is 0.407 e. The molecule has 0 radical (unpaired) electrons. The van der Waals surface area contributed by atoms with Crippen LogP contribution in [0.5, 0.6) is 0 Å². The minimum Gasteiger partial charge on any atom is -0.444 e. The van der Waals surface area contributed by atoms with E-state index in [1.54, 1.807) is 12.3 Å². The minimum absolute atomic E-state index is 0.0557. The number of rotatable bonds is 11. The Morgan fingerprint density at radius 2 is 1.74 bits per heavy atom. The second-order valence-electron chi connectivity index (χ2n) is 13.7. The Balaban J connectivity index is 1.30.